The summed E-state index contributed by atoms with van der Waals surface area (Å²) in [6.45, 7) is 2.13. The summed E-state index contributed by atoms with van der Waals surface area (Å²) in [7, 11) is -3.92. The molecule has 0 aromatic heterocycles. The summed E-state index contributed by atoms with van der Waals surface area (Å²) < 4.78 is 33.7. The number of aryl methyl sites for hydroxylation is 1. The fourth-order valence-electron chi connectivity index (χ4n) is 3.41. The maximum Gasteiger partial charge on any atom is 0.264 e. The van der Waals surface area contributed by atoms with Crippen molar-refractivity contribution in [2.75, 3.05) is 10.8 Å². The third kappa shape index (κ3) is 4.38. The quantitative estimate of drug-likeness (QED) is 0.631. The average molecular weight is 457 g/mol. The number of sulfonamides is 1. The summed E-state index contributed by atoms with van der Waals surface area (Å²) in [4.78, 5) is 13.0. The van der Waals surface area contributed by atoms with Gasteiger partial charge < -0.3 is 10.1 Å². The smallest absolute Gasteiger partial charge is 0.264 e. The molecule has 160 valence electrons. The lowest BCUT2D eigenvalue weighted by molar-refractivity contribution is -0.127. The molecule has 0 saturated carbocycles. The third-order valence-corrected chi connectivity index (χ3v) is 7.16. The molecule has 3 aromatic carbocycles. The van der Waals surface area contributed by atoms with Crippen molar-refractivity contribution in [2.45, 2.75) is 24.5 Å². The number of ether oxygens (including phenoxy) is 1. The van der Waals surface area contributed by atoms with Gasteiger partial charge in [0.2, 0.25) is 0 Å². The average Bonchev–Trinajstić information content (AvgIpc) is 2.78. The highest BCUT2D eigenvalue weighted by Crippen LogP contribution is 2.38. The Kier molecular flexibility index (Phi) is 5.89. The number of nitrogens with one attached hydrogen (secondary N) is 1. The maximum atomic E-state index is 13.3. The van der Waals surface area contributed by atoms with Gasteiger partial charge in [0.15, 0.2) is 6.10 Å². The second-order valence-corrected chi connectivity index (χ2v) is 9.51. The normalized spacial score (nSPS) is 15.7. The second kappa shape index (κ2) is 8.61. The molecule has 8 heteroatoms. The largest absolute Gasteiger partial charge is 0.476 e. The highest BCUT2D eigenvalue weighted by atomic mass is 35.5. The summed E-state index contributed by atoms with van der Waals surface area (Å²) in [5, 5.41) is 3.23. The van der Waals surface area contributed by atoms with Crippen molar-refractivity contribution in [1.82, 2.24) is 5.32 Å². The first-order valence-electron chi connectivity index (χ1n) is 9.72. The molecule has 4 rings (SSSR count). The second-order valence-electron chi connectivity index (χ2n) is 7.21. The van der Waals surface area contributed by atoms with E-state index in [1.807, 2.05) is 31.2 Å². The van der Waals surface area contributed by atoms with E-state index in [4.69, 9.17) is 16.3 Å². The molecule has 0 spiro atoms. The molecule has 1 aliphatic heterocycles. The zero-order valence-corrected chi connectivity index (χ0v) is 18.4. The van der Waals surface area contributed by atoms with Crippen LogP contribution in [0.4, 0.5) is 5.69 Å². The molecule has 1 aliphatic rings. The Morgan fingerprint density at radius 1 is 1.10 bits per heavy atom. The van der Waals surface area contributed by atoms with Crippen molar-refractivity contribution >= 4 is 33.2 Å². The van der Waals surface area contributed by atoms with Crippen molar-refractivity contribution in [3.63, 3.8) is 0 Å². The van der Waals surface area contributed by atoms with Crippen molar-refractivity contribution in [1.29, 1.82) is 0 Å². The van der Waals surface area contributed by atoms with Crippen molar-refractivity contribution in [3.8, 4) is 5.75 Å². The monoisotopic (exact) mass is 456 g/mol. The van der Waals surface area contributed by atoms with E-state index in [2.05, 4.69) is 5.32 Å². The fraction of sp³-hybridized carbons (Fsp3) is 0.174. The first-order valence-corrected chi connectivity index (χ1v) is 11.5. The molecule has 31 heavy (non-hydrogen) atoms. The van der Waals surface area contributed by atoms with Crippen molar-refractivity contribution < 1.29 is 17.9 Å². The molecule has 0 unspecified atom stereocenters. The number of hydrogen-bond donors (Lipinski definition) is 1. The Bertz CT molecular complexity index is 1220. The van der Waals surface area contributed by atoms with Crippen LogP contribution in [0.5, 0.6) is 5.75 Å². The van der Waals surface area contributed by atoms with Crippen molar-refractivity contribution in [3.05, 3.63) is 88.9 Å². The van der Waals surface area contributed by atoms with E-state index >= 15 is 0 Å². The Morgan fingerprint density at radius 2 is 1.81 bits per heavy atom. The minimum absolute atomic E-state index is 0.127. The van der Waals surface area contributed by atoms with Crippen LogP contribution in [0.3, 0.4) is 0 Å². The fourth-order valence-corrected chi connectivity index (χ4v) is 5.07. The molecule has 1 N–H and O–H groups in total. The summed E-state index contributed by atoms with van der Waals surface area (Å²) in [6.07, 6.45) is -1.00. The molecule has 3 aromatic rings. The molecule has 1 atom stereocenters. The highest BCUT2D eigenvalue weighted by molar-refractivity contribution is 7.92. The third-order valence-electron chi connectivity index (χ3n) is 5.13. The van der Waals surface area contributed by atoms with Gasteiger partial charge in [0.25, 0.3) is 15.9 Å². The number of benzene rings is 3. The van der Waals surface area contributed by atoms with Gasteiger partial charge in [-0.3, -0.25) is 9.10 Å². The molecule has 0 fully saturated rings. The van der Waals surface area contributed by atoms with E-state index in [-0.39, 0.29) is 17.2 Å². The minimum atomic E-state index is -3.92. The van der Waals surface area contributed by atoms with Gasteiger partial charge in [-0.2, -0.15) is 0 Å². The number of carbonyl (C=O) groups excluding carboxylic acids is 1. The minimum Gasteiger partial charge on any atom is -0.476 e. The van der Waals surface area contributed by atoms with Crippen LogP contribution >= 0.6 is 11.6 Å². The topological polar surface area (TPSA) is 75.7 Å². The SMILES string of the molecule is Cc1ccccc1CNC(=O)[C@H]1CN(S(=O)(=O)c2ccccc2)c2cc(Cl)ccc2O1. The lowest BCUT2D eigenvalue weighted by Crippen LogP contribution is -2.50. The molecule has 0 bridgehead atoms. The molecule has 0 radical (unpaired) electrons. The predicted octanol–water partition coefficient (Wildman–Crippen LogP) is 3.92. The van der Waals surface area contributed by atoms with E-state index in [1.54, 1.807) is 30.3 Å². The van der Waals surface area contributed by atoms with Gasteiger partial charge in [0.05, 0.1) is 17.1 Å². The van der Waals surface area contributed by atoms with E-state index in [9.17, 15) is 13.2 Å². The van der Waals surface area contributed by atoms with Gasteiger partial charge >= 0.3 is 0 Å². The predicted molar refractivity (Wildman–Crippen MR) is 120 cm³/mol. The van der Waals surface area contributed by atoms with E-state index in [0.29, 0.717) is 17.3 Å². The van der Waals surface area contributed by atoms with Crippen LogP contribution in [0, 0.1) is 6.92 Å². The van der Waals surface area contributed by atoms with Gasteiger partial charge in [-0.15, -0.1) is 0 Å². The summed E-state index contributed by atoms with van der Waals surface area (Å²) in [5.41, 5.74) is 2.34. The summed E-state index contributed by atoms with van der Waals surface area (Å²) in [5.74, 6) is -0.108. The number of amides is 1. The van der Waals surface area contributed by atoms with Gasteiger partial charge in [0, 0.05) is 11.6 Å². The summed E-state index contributed by atoms with van der Waals surface area (Å²) >= 11 is 6.11. The zero-order valence-electron chi connectivity index (χ0n) is 16.8. The molecule has 6 nitrogen and oxygen atoms in total. The number of nitrogens with zero attached hydrogens (tertiary/aromatic N) is 1. The van der Waals surface area contributed by atoms with Crippen molar-refractivity contribution in [2.24, 2.45) is 0 Å². The Hall–Kier alpha value is -3.03. The van der Waals surface area contributed by atoms with Crippen LogP contribution < -0.4 is 14.4 Å². The van der Waals surface area contributed by atoms with Gasteiger partial charge in [0.1, 0.15) is 5.75 Å². The first-order chi connectivity index (χ1) is 14.9. The molecule has 0 saturated heterocycles. The van der Waals surface area contributed by atoms with E-state index in [1.165, 1.54) is 22.5 Å². The standard InChI is InChI=1S/C23H21ClN2O4S/c1-16-7-5-6-8-17(16)14-25-23(27)22-15-26(20-13-18(24)11-12-21(20)30-22)31(28,29)19-9-3-2-4-10-19/h2-13,22H,14-15H2,1H3,(H,25,27)/t22-/m1/s1. The number of halogens is 1. The van der Waals surface area contributed by atoms with Gasteiger partial charge in [-0.05, 0) is 48.4 Å². The number of carbonyl (C=O) groups is 1. The Balaban J connectivity index is 1.63. The summed E-state index contributed by atoms with van der Waals surface area (Å²) in [6, 6.07) is 20.5. The van der Waals surface area contributed by atoms with Crippen LogP contribution in [-0.2, 0) is 21.4 Å². The molecule has 1 amide bonds. The van der Waals surface area contributed by atoms with E-state index < -0.39 is 22.0 Å². The number of fused-ring (bicyclic) bond motifs is 1. The Labute approximate surface area is 186 Å². The highest BCUT2D eigenvalue weighted by Gasteiger charge is 2.37. The van der Waals surface area contributed by atoms with Crippen LogP contribution in [0.25, 0.3) is 0 Å². The number of hydrogen-bond acceptors (Lipinski definition) is 4. The molecular formula is C23H21ClN2O4S. The van der Waals surface area contributed by atoms with Crippen LogP contribution in [0.2, 0.25) is 5.02 Å². The van der Waals surface area contributed by atoms with Gasteiger partial charge in [-0.25, -0.2) is 8.42 Å². The molecule has 1 heterocycles. The number of rotatable bonds is 5. The molecule has 0 aliphatic carbocycles. The lowest BCUT2D eigenvalue weighted by Gasteiger charge is -2.35. The zero-order chi connectivity index (χ0) is 22.0. The maximum absolute atomic E-state index is 13.3. The first kappa shape index (κ1) is 21.2. The Morgan fingerprint density at radius 3 is 2.55 bits per heavy atom. The van der Waals surface area contributed by atoms with Crippen LogP contribution in [-0.4, -0.2) is 27.0 Å². The molecular weight excluding hydrogens is 436 g/mol. The van der Waals surface area contributed by atoms with E-state index in [0.717, 1.165) is 11.1 Å². The number of anilines is 1. The van der Waals surface area contributed by atoms with Crippen LogP contribution in [0.15, 0.2) is 77.7 Å². The van der Waals surface area contributed by atoms with Gasteiger partial charge in [-0.1, -0.05) is 54.1 Å². The van der Waals surface area contributed by atoms with Crippen LogP contribution in [0.1, 0.15) is 11.1 Å². The lowest BCUT2D eigenvalue weighted by atomic mass is 10.1.